The maximum absolute atomic E-state index is 12.6. The second kappa shape index (κ2) is 37.0. The number of nitrogens with zero attached hydrogens (tertiary/aromatic N) is 2. The van der Waals surface area contributed by atoms with Crippen LogP contribution in [0.15, 0.2) is 94.7 Å². The van der Waals surface area contributed by atoms with E-state index in [1.54, 1.807) is 0 Å². The Hall–Kier alpha value is -3.70. The molecular formula is C69H112N4O12S2. The van der Waals surface area contributed by atoms with Crippen LogP contribution < -0.4 is 29.9 Å². The summed E-state index contributed by atoms with van der Waals surface area (Å²) in [5.41, 5.74) is 3.80. The average Bonchev–Trinajstić information content (AvgIpc) is 1.65. The van der Waals surface area contributed by atoms with Crippen molar-refractivity contribution in [1.29, 1.82) is 0 Å². The molecule has 0 saturated heterocycles. The zero-order valence-electron chi connectivity index (χ0n) is 54.2. The summed E-state index contributed by atoms with van der Waals surface area (Å²) in [5, 5.41) is 32.1. The zero-order chi connectivity index (χ0) is 62.7. The highest BCUT2D eigenvalue weighted by Crippen LogP contribution is 2.65. The summed E-state index contributed by atoms with van der Waals surface area (Å²) >= 11 is 0. The third kappa shape index (κ3) is 20.9. The second-order valence-electron chi connectivity index (χ2n) is 24.7. The van der Waals surface area contributed by atoms with Crippen LogP contribution in [0, 0.1) is 10.8 Å². The predicted molar refractivity (Wildman–Crippen MR) is 359 cm³/mol. The van der Waals surface area contributed by atoms with E-state index in [0.717, 1.165) is 156 Å². The number of ether oxygens (including phenoxy) is 6. The molecule has 4 atom stereocenters. The summed E-state index contributed by atoms with van der Waals surface area (Å²) < 4.78 is 83.9. The van der Waals surface area contributed by atoms with Crippen LogP contribution >= 0.6 is 21.2 Å². The molecule has 0 unspecified atom stereocenters. The molecule has 6 rings (SSSR count). The number of aliphatic hydroxyl groups excluding tert-OH is 2. The van der Waals surface area contributed by atoms with Gasteiger partial charge in [-0.1, -0.05) is 128 Å². The van der Waals surface area contributed by atoms with Crippen molar-refractivity contribution in [1.82, 2.24) is 10.6 Å². The number of hydrogen-bond acceptors (Lipinski definition) is 16. The van der Waals surface area contributed by atoms with Crippen molar-refractivity contribution in [2.45, 2.75) is 158 Å². The van der Waals surface area contributed by atoms with E-state index >= 15 is 0 Å². The van der Waals surface area contributed by atoms with Crippen molar-refractivity contribution in [3.63, 3.8) is 0 Å². The van der Waals surface area contributed by atoms with Crippen LogP contribution in [0.2, 0.25) is 0 Å². The van der Waals surface area contributed by atoms with Gasteiger partial charge in [0.1, 0.15) is 24.7 Å². The Bertz CT molecular complexity index is 2560. The van der Waals surface area contributed by atoms with Gasteiger partial charge in [-0.2, -0.15) is 21.2 Å². The Labute approximate surface area is 526 Å². The number of aliphatic hydroxyl groups is 2. The zero-order valence-corrected chi connectivity index (χ0v) is 55.8. The number of hydrogen-bond donors (Lipinski definition) is 8. The van der Waals surface area contributed by atoms with Crippen LogP contribution in [0.3, 0.4) is 0 Å². The van der Waals surface area contributed by atoms with Gasteiger partial charge in [-0.3, -0.25) is 18.2 Å². The van der Waals surface area contributed by atoms with Crippen LogP contribution in [0.4, 0.5) is 11.4 Å². The van der Waals surface area contributed by atoms with Gasteiger partial charge in [0.2, 0.25) is 0 Å². The predicted octanol–water partition coefficient (Wildman–Crippen LogP) is 13.7. The van der Waals surface area contributed by atoms with Gasteiger partial charge in [-0.15, -0.1) is 0 Å². The molecule has 0 saturated carbocycles. The van der Waals surface area contributed by atoms with Crippen LogP contribution in [-0.4, -0.2) is 173 Å². The first-order chi connectivity index (χ1) is 42.0. The minimum atomic E-state index is -3.30. The summed E-state index contributed by atoms with van der Waals surface area (Å²) in [4.78, 5) is 4.97. The molecule has 492 valence electrons. The Morgan fingerprint density at radius 1 is 0.460 bits per heavy atom. The maximum atomic E-state index is 12.6. The number of benzene rings is 4. The monoisotopic (exact) mass is 1250 g/mol. The highest BCUT2D eigenvalue weighted by molar-refractivity contribution is 8.24. The smallest absolute Gasteiger partial charge is 0.144 e. The van der Waals surface area contributed by atoms with Crippen LogP contribution in [-0.2, 0) is 18.9 Å². The quantitative estimate of drug-likeness (QED) is 0.0194. The Morgan fingerprint density at radius 2 is 0.931 bits per heavy atom. The molecule has 87 heavy (non-hydrogen) atoms. The highest BCUT2D eigenvalue weighted by Gasteiger charge is 2.51. The highest BCUT2D eigenvalue weighted by atomic mass is 32.3. The van der Waals surface area contributed by atoms with Crippen LogP contribution in [0.5, 0.6) is 11.5 Å². The molecule has 18 heteroatoms. The number of unbranched alkanes of at least 4 members (excludes halogenated alkanes) is 6. The van der Waals surface area contributed by atoms with Crippen molar-refractivity contribution < 1.29 is 56.8 Å². The molecule has 2 aliphatic rings. The summed E-state index contributed by atoms with van der Waals surface area (Å²) in [6.45, 7) is 16.5. The first-order valence-electron chi connectivity index (χ1n) is 32.7. The first kappa shape index (κ1) is 72.4. The van der Waals surface area contributed by atoms with Crippen molar-refractivity contribution >= 4 is 32.6 Å². The molecule has 0 bridgehead atoms. The van der Waals surface area contributed by atoms with E-state index in [9.17, 15) is 28.4 Å². The van der Waals surface area contributed by atoms with Crippen molar-refractivity contribution in [2.24, 2.45) is 10.8 Å². The third-order valence-corrected chi connectivity index (χ3v) is 21.7. The van der Waals surface area contributed by atoms with Gasteiger partial charge >= 0.3 is 0 Å². The Morgan fingerprint density at radius 3 is 1.45 bits per heavy atom. The minimum absolute atomic E-state index is 0.125. The lowest BCUT2D eigenvalue weighted by molar-refractivity contribution is 0.0118. The number of nitrogens with one attached hydrogen (secondary N) is 2. The molecule has 8 N–H and O–H groups in total. The first-order valence-corrected chi connectivity index (χ1v) is 36.1. The standard InChI is InChI=1S/C69H112N4O12S2/c1-9-13-30-68(31-14-10-2)52-86(76,77)62-29-28-56(72(5)6)49-58(62)65(67(68)75)55-26-23-27-57(48-55)84-46-44-82-42-40-80-38-36-70-34-21-18-22-35-71-37-39-81-41-43-83-45-47-85-61-51-63-59(50-60(61)73(7)8)64(54-24-19-17-20-25-54)66(74)69(32-15-11-3,33-16-12-4)53-87(63,78)79/h17,19-20,23-29,48-51,64-67,70-71,74-79H,9-16,18,21-22,30-47,52-53H2,1-8H3/t64-,65-,66-,67-/m0/s1. The Kier molecular flexibility index (Phi) is 30.8. The van der Waals surface area contributed by atoms with Gasteiger partial charge in [-0.25, -0.2) is 0 Å². The lowest BCUT2D eigenvalue weighted by atomic mass is 9.68. The minimum Gasteiger partial charge on any atom is -0.491 e. The molecule has 0 aliphatic carbocycles. The molecule has 0 aromatic heterocycles. The van der Waals surface area contributed by atoms with Crippen molar-refractivity contribution in [3.05, 3.63) is 107 Å². The van der Waals surface area contributed by atoms with E-state index in [0.29, 0.717) is 80.8 Å². The molecule has 4 aromatic rings. The lowest BCUT2D eigenvalue weighted by Gasteiger charge is -2.44. The van der Waals surface area contributed by atoms with Gasteiger partial charge in [0.25, 0.3) is 0 Å². The molecule has 2 aliphatic heterocycles. The number of rotatable bonds is 42. The molecular weight excluding hydrogens is 1140 g/mol. The second-order valence-corrected chi connectivity index (χ2v) is 28.8. The maximum Gasteiger partial charge on any atom is 0.144 e. The van der Waals surface area contributed by atoms with Gasteiger partial charge < -0.3 is 59.1 Å². The van der Waals surface area contributed by atoms with E-state index in [2.05, 4.69) is 38.3 Å². The molecule has 0 radical (unpaired) electrons. The molecule has 0 fully saturated rings. The molecule has 4 aromatic carbocycles. The molecule has 2 heterocycles. The molecule has 0 amide bonds. The molecule has 16 nitrogen and oxygen atoms in total. The van der Waals surface area contributed by atoms with Crippen LogP contribution in [0.1, 0.15) is 158 Å². The summed E-state index contributed by atoms with van der Waals surface area (Å²) in [6, 6.07) is 27.6. The van der Waals surface area contributed by atoms with Gasteiger partial charge in [0.05, 0.1) is 92.0 Å². The fourth-order valence-corrected chi connectivity index (χ4v) is 17.3. The molecule has 0 spiro atoms. The van der Waals surface area contributed by atoms with Gasteiger partial charge in [-0.05, 0) is 110 Å². The van der Waals surface area contributed by atoms with Crippen LogP contribution in [0.25, 0.3) is 0 Å². The number of fused-ring (bicyclic) bond motifs is 2. The van der Waals surface area contributed by atoms with Crippen molar-refractivity contribution in [3.8, 4) is 11.5 Å². The van der Waals surface area contributed by atoms with E-state index in [-0.39, 0.29) is 18.1 Å². The Balaban J connectivity index is 0.806. The van der Waals surface area contributed by atoms with E-state index < -0.39 is 56.1 Å². The van der Waals surface area contributed by atoms with Crippen molar-refractivity contribution in [2.75, 3.05) is 142 Å². The van der Waals surface area contributed by atoms with E-state index in [1.165, 1.54) is 0 Å². The fraction of sp³-hybridized carbons (Fsp3) is 0.652. The lowest BCUT2D eigenvalue weighted by Crippen LogP contribution is -2.42. The summed E-state index contributed by atoms with van der Waals surface area (Å²) in [5.74, 6) is 0.616. The van der Waals surface area contributed by atoms with Gasteiger partial charge in [0, 0.05) is 75.7 Å². The normalized spacial score (nSPS) is 19.9. The SMILES string of the molecule is CCCCC1(CCCC)CS(O)(O)c2ccc(N(C)C)cc2[C@H](c2cccc(OCCOCCOCCNCCCCCNCCOCCOCCOc3cc4c(cc3N(C)C)[C@H](c3ccccc3)[C@H](O)C(CCCC)(CCCC)CS4(O)O)c2)[C@@H]1O. The van der Waals surface area contributed by atoms with Gasteiger partial charge in [0.15, 0.2) is 0 Å². The summed E-state index contributed by atoms with van der Waals surface area (Å²) in [7, 11) is 1.35. The summed E-state index contributed by atoms with van der Waals surface area (Å²) in [6.07, 6.45) is 12.1. The largest absolute Gasteiger partial charge is 0.491 e. The van der Waals surface area contributed by atoms with E-state index in [4.69, 9.17) is 28.4 Å². The fourth-order valence-electron chi connectivity index (χ4n) is 12.8. The third-order valence-electron chi connectivity index (χ3n) is 17.6. The van der Waals surface area contributed by atoms with E-state index in [1.807, 2.05) is 123 Å². The number of anilines is 2. The topological polar surface area (TPSA) is 207 Å². The average molecular weight is 1250 g/mol.